The fraction of sp³-hybridized carbons (Fsp3) is 0.654. The predicted octanol–water partition coefficient (Wildman–Crippen LogP) is 4.25. The van der Waals surface area contributed by atoms with E-state index >= 15 is 0 Å². The second kappa shape index (κ2) is 10.6. The first-order valence-corrected chi connectivity index (χ1v) is 11.5. The van der Waals surface area contributed by atoms with Crippen molar-refractivity contribution in [3.63, 3.8) is 0 Å². The molecule has 1 aliphatic rings. The molecule has 6 heteroatoms. The Kier molecular flexibility index (Phi) is 8.63. The number of ketones is 1. The third-order valence-electron chi connectivity index (χ3n) is 5.88. The highest BCUT2D eigenvalue weighted by Crippen LogP contribution is 2.47. The van der Waals surface area contributed by atoms with Crippen molar-refractivity contribution in [1.29, 1.82) is 0 Å². The summed E-state index contributed by atoms with van der Waals surface area (Å²) in [6, 6.07) is 7.53. The van der Waals surface area contributed by atoms with Crippen LogP contribution < -0.4 is 0 Å². The van der Waals surface area contributed by atoms with Crippen LogP contribution in [-0.4, -0.2) is 41.6 Å². The molecule has 0 bridgehead atoms. The molecule has 0 heterocycles. The Hall–Kier alpha value is -2.21. The summed E-state index contributed by atoms with van der Waals surface area (Å²) in [5.41, 5.74) is 0.0997. The van der Waals surface area contributed by atoms with Gasteiger partial charge in [-0.05, 0) is 35.8 Å². The summed E-state index contributed by atoms with van der Waals surface area (Å²) in [4.78, 5) is 39.3. The predicted molar refractivity (Wildman–Crippen MR) is 122 cm³/mol. The van der Waals surface area contributed by atoms with Crippen LogP contribution in [0.25, 0.3) is 0 Å². The molecule has 1 fully saturated rings. The molecule has 1 aromatic carbocycles. The second-order valence-corrected chi connectivity index (χ2v) is 10.4. The van der Waals surface area contributed by atoms with Gasteiger partial charge >= 0.3 is 11.9 Å². The zero-order chi connectivity index (χ0) is 24.2. The molecule has 0 unspecified atom stereocenters. The fourth-order valence-corrected chi connectivity index (χ4v) is 4.20. The molecule has 1 aromatic rings. The van der Waals surface area contributed by atoms with Gasteiger partial charge in [0.15, 0.2) is 5.78 Å². The molecule has 178 valence electrons. The molecule has 1 saturated carbocycles. The maximum Gasteiger partial charge on any atom is 0.317 e. The van der Waals surface area contributed by atoms with E-state index in [4.69, 9.17) is 9.47 Å². The average Bonchev–Trinajstić information content (AvgIpc) is 2.69. The van der Waals surface area contributed by atoms with Crippen molar-refractivity contribution in [1.82, 2.24) is 0 Å². The van der Waals surface area contributed by atoms with Crippen LogP contribution in [0.4, 0.5) is 0 Å². The third-order valence-corrected chi connectivity index (χ3v) is 5.88. The van der Waals surface area contributed by atoms with Gasteiger partial charge < -0.3 is 14.6 Å². The molecule has 1 aliphatic carbocycles. The van der Waals surface area contributed by atoms with E-state index in [2.05, 4.69) is 13.8 Å². The Morgan fingerprint density at radius 1 is 0.969 bits per heavy atom. The van der Waals surface area contributed by atoms with Gasteiger partial charge in [-0.3, -0.25) is 14.4 Å². The monoisotopic (exact) mass is 446 g/mol. The summed E-state index contributed by atoms with van der Waals surface area (Å²) >= 11 is 0. The molecule has 4 atom stereocenters. The van der Waals surface area contributed by atoms with Gasteiger partial charge in [0, 0.05) is 12.3 Å². The normalized spacial score (nSPS) is 26.0. The molecule has 0 spiro atoms. The molecule has 0 radical (unpaired) electrons. The Bertz CT molecular complexity index is 806. The van der Waals surface area contributed by atoms with Crippen molar-refractivity contribution in [2.24, 2.45) is 23.7 Å². The van der Waals surface area contributed by atoms with E-state index in [1.54, 1.807) is 0 Å². The lowest BCUT2D eigenvalue weighted by Gasteiger charge is -2.43. The first-order chi connectivity index (χ1) is 14.8. The van der Waals surface area contributed by atoms with E-state index in [1.165, 1.54) is 6.92 Å². The van der Waals surface area contributed by atoms with E-state index in [0.717, 1.165) is 5.56 Å². The average molecular weight is 447 g/mol. The van der Waals surface area contributed by atoms with Crippen molar-refractivity contribution >= 4 is 17.7 Å². The van der Waals surface area contributed by atoms with E-state index in [-0.39, 0.29) is 31.5 Å². The van der Waals surface area contributed by atoms with Gasteiger partial charge in [-0.25, -0.2) is 0 Å². The van der Waals surface area contributed by atoms with Crippen LogP contribution in [0.15, 0.2) is 24.3 Å². The topological polar surface area (TPSA) is 89.9 Å². The number of carbonyl (C=O) groups excluding carboxylic acids is 3. The van der Waals surface area contributed by atoms with Crippen LogP contribution in [0.2, 0.25) is 0 Å². The van der Waals surface area contributed by atoms with Crippen LogP contribution in [-0.2, 0) is 23.9 Å². The van der Waals surface area contributed by atoms with Crippen molar-refractivity contribution in [3.05, 3.63) is 35.4 Å². The third kappa shape index (κ3) is 6.18. The number of rotatable bonds is 8. The van der Waals surface area contributed by atoms with Gasteiger partial charge in [-0.2, -0.15) is 0 Å². The van der Waals surface area contributed by atoms with Crippen LogP contribution in [0.1, 0.15) is 77.8 Å². The van der Waals surface area contributed by atoms with Crippen molar-refractivity contribution < 1.29 is 29.0 Å². The lowest BCUT2D eigenvalue weighted by Crippen LogP contribution is -2.55. The van der Waals surface area contributed by atoms with Crippen molar-refractivity contribution in [2.75, 3.05) is 13.2 Å². The Labute approximate surface area is 191 Å². The Balaban J connectivity index is 2.54. The van der Waals surface area contributed by atoms with Gasteiger partial charge in [0.1, 0.15) is 5.92 Å². The summed E-state index contributed by atoms with van der Waals surface area (Å²) in [6.45, 7) is 13.7. The number of hydrogen-bond acceptors (Lipinski definition) is 6. The van der Waals surface area contributed by atoms with Gasteiger partial charge in [0.05, 0.1) is 24.7 Å². The minimum absolute atomic E-state index is 0.108. The summed E-state index contributed by atoms with van der Waals surface area (Å²) in [5, 5.41) is 11.2. The van der Waals surface area contributed by atoms with E-state index in [1.807, 2.05) is 52.0 Å². The van der Waals surface area contributed by atoms with Crippen LogP contribution in [0.5, 0.6) is 0 Å². The van der Waals surface area contributed by atoms with Crippen molar-refractivity contribution in [2.45, 2.75) is 72.3 Å². The number of carbonyl (C=O) groups is 3. The van der Waals surface area contributed by atoms with Crippen LogP contribution >= 0.6 is 0 Å². The molecule has 0 aliphatic heterocycles. The summed E-state index contributed by atoms with van der Waals surface area (Å²) in [5.74, 6) is -4.26. The fourth-order valence-electron chi connectivity index (χ4n) is 4.20. The highest BCUT2D eigenvalue weighted by molar-refractivity contribution is 6.02. The maximum atomic E-state index is 13.2. The number of esters is 2. The molecule has 2 rings (SSSR count). The number of benzene rings is 1. The number of aliphatic hydroxyl groups is 1. The standard InChI is InChI=1S/C26H38O6/c1-15(2)13-31-24(28)22-20(27)12-26(7,30)23(25(29)32-14-16(3)4)21(22)19-10-8-18(9-11-19)17(5)6/h8-11,15-17,21-23,30H,12-14H2,1-7H3/t21-,22+,23-,26-/m0/s1. The molecule has 0 amide bonds. The largest absolute Gasteiger partial charge is 0.465 e. The van der Waals surface area contributed by atoms with Crippen molar-refractivity contribution in [3.8, 4) is 0 Å². The number of hydrogen-bond donors (Lipinski definition) is 1. The molecule has 0 aromatic heterocycles. The van der Waals surface area contributed by atoms with E-state index in [0.29, 0.717) is 11.5 Å². The summed E-state index contributed by atoms with van der Waals surface area (Å²) in [7, 11) is 0. The lowest BCUT2D eigenvalue weighted by molar-refractivity contribution is -0.173. The molecule has 1 N–H and O–H groups in total. The Morgan fingerprint density at radius 3 is 1.94 bits per heavy atom. The first kappa shape index (κ1) is 26.0. The smallest absolute Gasteiger partial charge is 0.317 e. The summed E-state index contributed by atoms with van der Waals surface area (Å²) in [6.07, 6.45) is -0.309. The van der Waals surface area contributed by atoms with Gasteiger partial charge in [0.25, 0.3) is 0 Å². The molecular formula is C26H38O6. The maximum absolute atomic E-state index is 13.2. The van der Waals surface area contributed by atoms with E-state index < -0.39 is 41.1 Å². The van der Waals surface area contributed by atoms with Gasteiger partial charge in [0.2, 0.25) is 0 Å². The minimum Gasteiger partial charge on any atom is -0.465 e. The molecular weight excluding hydrogens is 408 g/mol. The highest BCUT2D eigenvalue weighted by atomic mass is 16.5. The SMILES string of the molecule is CC(C)COC(=O)[C@@H]1C(=O)C[C@](C)(O)[C@H](C(=O)OCC(C)C)[C@H]1c1ccc(C(C)C)cc1. The van der Waals surface area contributed by atoms with E-state index in [9.17, 15) is 19.5 Å². The number of Topliss-reactive ketones (excluding diaryl/α,β-unsaturated/α-hetero) is 1. The zero-order valence-electron chi connectivity index (χ0n) is 20.4. The quantitative estimate of drug-likeness (QED) is 0.474. The highest BCUT2D eigenvalue weighted by Gasteiger charge is 2.57. The molecule has 0 saturated heterocycles. The summed E-state index contributed by atoms with van der Waals surface area (Å²) < 4.78 is 10.9. The number of ether oxygens (including phenoxy) is 2. The molecule has 6 nitrogen and oxygen atoms in total. The van der Waals surface area contributed by atoms with Gasteiger partial charge in [-0.1, -0.05) is 65.8 Å². The van der Waals surface area contributed by atoms with Crippen LogP contribution in [0.3, 0.4) is 0 Å². The van der Waals surface area contributed by atoms with Gasteiger partial charge in [-0.15, -0.1) is 0 Å². The first-order valence-electron chi connectivity index (χ1n) is 11.5. The lowest BCUT2D eigenvalue weighted by atomic mass is 9.61. The Morgan fingerprint density at radius 2 is 1.47 bits per heavy atom. The molecule has 32 heavy (non-hydrogen) atoms. The minimum atomic E-state index is -1.64. The zero-order valence-corrected chi connectivity index (χ0v) is 20.4. The van der Waals surface area contributed by atoms with Crippen LogP contribution in [0, 0.1) is 23.7 Å². The second-order valence-electron chi connectivity index (χ2n) is 10.4.